The van der Waals surface area contributed by atoms with Gasteiger partial charge in [-0.3, -0.25) is 9.78 Å². The Kier molecular flexibility index (Phi) is 5.33. The van der Waals surface area contributed by atoms with E-state index >= 15 is 0 Å². The molecule has 1 N–H and O–H groups in total. The van der Waals surface area contributed by atoms with E-state index in [1.807, 2.05) is 24.3 Å². The van der Waals surface area contributed by atoms with Crippen LogP contribution in [0.25, 0.3) is 10.9 Å². The molecule has 32 heavy (non-hydrogen) atoms. The van der Waals surface area contributed by atoms with Crippen molar-refractivity contribution in [2.75, 3.05) is 41.3 Å². The van der Waals surface area contributed by atoms with Crippen LogP contribution in [0.2, 0.25) is 0 Å². The third-order valence-corrected chi connectivity index (χ3v) is 5.64. The fourth-order valence-electron chi connectivity index (χ4n) is 3.91. The second-order valence-electron chi connectivity index (χ2n) is 7.74. The van der Waals surface area contributed by atoms with Gasteiger partial charge in [0.2, 0.25) is 5.95 Å². The van der Waals surface area contributed by atoms with Gasteiger partial charge in [-0.15, -0.1) is 0 Å². The van der Waals surface area contributed by atoms with Crippen LogP contribution in [0.1, 0.15) is 15.9 Å². The molecule has 3 aromatic heterocycles. The fraction of sp³-hybridized carbons (Fsp3) is 0.208. The summed E-state index contributed by atoms with van der Waals surface area (Å²) in [4.78, 5) is 34.5. The van der Waals surface area contributed by atoms with Gasteiger partial charge in [0, 0.05) is 67.6 Å². The Morgan fingerprint density at radius 3 is 2.38 bits per heavy atom. The Hall–Kier alpha value is -4.07. The molecule has 0 aliphatic carbocycles. The molecule has 8 heteroatoms. The summed E-state index contributed by atoms with van der Waals surface area (Å²) in [5.41, 5.74) is 3.35. The van der Waals surface area contributed by atoms with Crippen molar-refractivity contribution in [1.82, 2.24) is 19.9 Å². The van der Waals surface area contributed by atoms with E-state index in [4.69, 9.17) is 4.98 Å². The Morgan fingerprint density at radius 1 is 0.906 bits per heavy atom. The highest BCUT2D eigenvalue weighted by Gasteiger charge is 2.20. The summed E-state index contributed by atoms with van der Waals surface area (Å²) in [7, 11) is 0. The van der Waals surface area contributed by atoms with Crippen molar-refractivity contribution >= 4 is 34.3 Å². The maximum atomic E-state index is 12.5. The Bertz CT molecular complexity index is 1240. The summed E-state index contributed by atoms with van der Waals surface area (Å²) in [6.07, 6.45) is 6.77. The zero-order valence-corrected chi connectivity index (χ0v) is 17.8. The third-order valence-electron chi connectivity index (χ3n) is 5.64. The molecule has 0 radical (unpaired) electrons. The van der Waals surface area contributed by atoms with Crippen LogP contribution in [0, 0.1) is 6.92 Å². The van der Waals surface area contributed by atoms with Crippen LogP contribution in [0.3, 0.4) is 0 Å². The van der Waals surface area contributed by atoms with E-state index in [9.17, 15) is 4.79 Å². The average molecular weight is 425 g/mol. The highest BCUT2D eigenvalue weighted by Crippen LogP contribution is 2.26. The standard InChI is InChI=1S/C24H23N7O/c1-17-15-22(30-11-13-31(14-12-30)24-26-7-2-8-27-24)29-21-4-3-19(16-20(17)21)28-23(32)18-5-9-25-10-6-18/h2-10,15-16H,11-14H2,1H3,(H,28,32). The van der Waals surface area contributed by atoms with Crippen LogP contribution in [0.15, 0.2) is 67.3 Å². The minimum absolute atomic E-state index is 0.158. The van der Waals surface area contributed by atoms with E-state index < -0.39 is 0 Å². The van der Waals surface area contributed by atoms with E-state index in [1.165, 1.54) is 0 Å². The van der Waals surface area contributed by atoms with Gasteiger partial charge in [0.1, 0.15) is 5.82 Å². The molecule has 1 aliphatic heterocycles. The fourth-order valence-corrected chi connectivity index (χ4v) is 3.91. The number of rotatable bonds is 4. The van der Waals surface area contributed by atoms with Crippen molar-refractivity contribution in [2.24, 2.45) is 0 Å². The molecule has 8 nitrogen and oxygen atoms in total. The van der Waals surface area contributed by atoms with Gasteiger partial charge >= 0.3 is 0 Å². The van der Waals surface area contributed by atoms with E-state index in [0.29, 0.717) is 5.56 Å². The molecule has 4 heterocycles. The lowest BCUT2D eigenvalue weighted by Crippen LogP contribution is -2.47. The molecule has 0 saturated carbocycles. The molecule has 1 saturated heterocycles. The van der Waals surface area contributed by atoms with Gasteiger partial charge in [-0.25, -0.2) is 15.0 Å². The predicted octanol–water partition coefficient (Wildman–Crippen LogP) is 3.31. The molecule has 1 amide bonds. The summed E-state index contributed by atoms with van der Waals surface area (Å²) in [5.74, 6) is 1.59. The minimum atomic E-state index is -0.158. The Morgan fingerprint density at radius 2 is 1.62 bits per heavy atom. The molecule has 1 aliphatic rings. The van der Waals surface area contributed by atoms with Crippen molar-refractivity contribution in [2.45, 2.75) is 6.92 Å². The second-order valence-corrected chi connectivity index (χ2v) is 7.74. The number of pyridine rings is 2. The van der Waals surface area contributed by atoms with E-state index in [0.717, 1.165) is 60.1 Å². The summed E-state index contributed by atoms with van der Waals surface area (Å²) >= 11 is 0. The first kappa shape index (κ1) is 19.9. The monoisotopic (exact) mass is 425 g/mol. The first-order chi connectivity index (χ1) is 15.7. The molecule has 0 unspecified atom stereocenters. The smallest absolute Gasteiger partial charge is 0.255 e. The number of benzene rings is 1. The molecule has 5 rings (SSSR count). The van der Waals surface area contributed by atoms with Gasteiger partial charge in [0.25, 0.3) is 5.91 Å². The van der Waals surface area contributed by atoms with Crippen LogP contribution in [0.4, 0.5) is 17.5 Å². The van der Waals surface area contributed by atoms with E-state index in [2.05, 4.69) is 43.1 Å². The number of amides is 1. The van der Waals surface area contributed by atoms with Gasteiger partial charge in [0.05, 0.1) is 5.52 Å². The summed E-state index contributed by atoms with van der Waals surface area (Å²) in [6.45, 7) is 5.49. The largest absolute Gasteiger partial charge is 0.353 e. The second kappa shape index (κ2) is 8.58. The normalized spacial score (nSPS) is 13.9. The van der Waals surface area contributed by atoms with Crippen LogP contribution < -0.4 is 15.1 Å². The molecule has 1 aromatic carbocycles. The molecular formula is C24H23N7O. The molecule has 1 fully saturated rings. The minimum Gasteiger partial charge on any atom is -0.353 e. The van der Waals surface area contributed by atoms with Crippen molar-refractivity contribution < 1.29 is 4.79 Å². The predicted molar refractivity (Wildman–Crippen MR) is 125 cm³/mol. The quantitative estimate of drug-likeness (QED) is 0.537. The van der Waals surface area contributed by atoms with Gasteiger partial charge in [-0.2, -0.15) is 0 Å². The highest BCUT2D eigenvalue weighted by molar-refractivity contribution is 6.05. The summed E-state index contributed by atoms with van der Waals surface area (Å²) < 4.78 is 0. The van der Waals surface area contributed by atoms with Crippen LogP contribution in [-0.4, -0.2) is 52.0 Å². The average Bonchev–Trinajstić information content (AvgIpc) is 2.85. The van der Waals surface area contributed by atoms with Crippen LogP contribution >= 0.6 is 0 Å². The molecule has 4 aromatic rings. The zero-order chi connectivity index (χ0) is 21.9. The van der Waals surface area contributed by atoms with Crippen molar-refractivity contribution in [3.8, 4) is 0 Å². The van der Waals surface area contributed by atoms with Gasteiger partial charge < -0.3 is 15.1 Å². The Balaban J connectivity index is 1.32. The number of hydrogen-bond donors (Lipinski definition) is 1. The van der Waals surface area contributed by atoms with Crippen LogP contribution in [0.5, 0.6) is 0 Å². The summed E-state index contributed by atoms with van der Waals surface area (Å²) in [5, 5.41) is 3.98. The van der Waals surface area contributed by atoms with Crippen molar-refractivity contribution in [3.63, 3.8) is 0 Å². The third kappa shape index (κ3) is 4.07. The topological polar surface area (TPSA) is 87.1 Å². The summed E-state index contributed by atoms with van der Waals surface area (Å²) in [6, 6.07) is 13.2. The molecule has 0 bridgehead atoms. The number of anilines is 3. The first-order valence-electron chi connectivity index (χ1n) is 10.6. The maximum Gasteiger partial charge on any atom is 0.255 e. The molecular weight excluding hydrogens is 402 g/mol. The van der Waals surface area contributed by atoms with Gasteiger partial charge in [0.15, 0.2) is 0 Å². The molecule has 0 atom stereocenters. The number of nitrogens with one attached hydrogen (secondary N) is 1. The highest BCUT2D eigenvalue weighted by atomic mass is 16.1. The Labute approximate surface area is 186 Å². The lowest BCUT2D eigenvalue weighted by atomic mass is 10.1. The van der Waals surface area contributed by atoms with E-state index in [-0.39, 0.29) is 5.91 Å². The van der Waals surface area contributed by atoms with Gasteiger partial charge in [-0.1, -0.05) is 0 Å². The molecule has 160 valence electrons. The number of aryl methyl sites for hydroxylation is 1. The van der Waals surface area contributed by atoms with Crippen LogP contribution in [-0.2, 0) is 0 Å². The SMILES string of the molecule is Cc1cc(N2CCN(c3ncccn3)CC2)nc2ccc(NC(=O)c3ccncc3)cc12. The number of carbonyl (C=O) groups is 1. The number of fused-ring (bicyclic) bond motifs is 1. The maximum absolute atomic E-state index is 12.5. The van der Waals surface area contributed by atoms with Gasteiger partial charge in [-0.05, 0) is 55.0 Å². The number of piperazine rings is 1. The number of nitrogens with zero attached hydrogens (tertiary/aromatic N) is 6. The van der Waals surface area contributed by atoms with Crippen molar-refractivity contribution in [1.29, 1.82) is 0 Å². The number of hydrogen-bond acceptors (Lipinski definition) is 7. The first-order valence-corrected chi connectivity index (χ1v) is 10.6. The van der Waals surface area contributed by atoms with Crippen molar-refractivity contribution in [3.05, 3.63) is 78.4 Å². The number of carbonyl (C=O) groups excluding carboxylic acids is 1. The lowest BCUT2D eigenvalue weighted by Gasteiger charge is -2.35. The zero-order valence-electron chi connectivity index (χ0n) is 17.8. The lowest BCUT2D eigenvalue weighted by molar-refractivity contribution is 0.102. The number of aromatic nitrogens is 4. The molecule has 0 spiro atoms. The van der Waals surface area contributed by atoms with E-state index in [1.54, 1.807) is 36.9 Å².